The van der Waals surface area contributed by atoms with Crippen molar-refractivity contribution < 1.29 is 34.8 Å². The zero-order valence-electron chi connectivity index (χ0n) is 22.6. The largest absolute Gasteiger partial charge is 0.508 e. The minimum Gasteiger partial charge on any atom is -0.508 e. The Bertz CT molecular complexity index is 1070. The molecule has 1 aliphatic heterocycles. The number of nitrogens with zero attached hydrogens (tertiary/aromatic N) is 1. The summed E-state index contributed by atoms with van der Waals surface area (Å²) in [4.78, 5) is 38.7. The van der Waals surface area contributed by atoms with E-state index in [4.69, 9.17) is 5.11 Å². The Morgan fingerprint density at radius 1 is 1.08 bits per heavy atom. The van der Waals surface area contributed by atoms with E-state index in [2.05, 4.69) is 0 Å². The fourth-order valence-corrected chi connectivity index (χ4v) is 5.90. The van der Waals surface area contributed by atoms with Gasteiger partial charge in [-0.15, -0.1) is 0 Å². The number of carboxylic acid groups (broad SMARTS) is 1. The van der Waals surface area contributed by atoms with E-state index in [1.54, 1.807) is 12.1 Å². The highest BCUT2D eigenvalue weighted by Gasteiger charge is 2.54. The molecule has 1 aromatic carbocycles. The van der Waals surface area contributed by atoms with E-state index < -0.39 is 29.8 Å². The average molecular weight is 528 g/mol. The van der Waals surface area contributed by atoms with Gasteiger partial charge in [-0.3, -0.25) is 19.3 Å². The molecule has 4 N–H and O–H groups in total. The van der Waals surface area contributed by atoms with Crippen LogP contribution in [0.5, 0.6) is 5.75 Å². The van der Waals surface area contributed by atoms with Gasteiger partial charge in [-0.25, -0.2) is 0 Å². The zero-order valence-corrected chi connectivity index (χ0v) is 22.6. The van der Waals surface area contributed by atoms with Crippen molar-refractivity contribution >= 4 is 23.9 Å². The highest BCUT2D eigenvalue weighted by Crippen LogP contribution is 2.48. The molecule has 3 rings (SSSR count). The fourth-order valence-electron chi connectivity index (χ4n) is 5.90. The zero-order chi connectivity index (χ0) is 28.0. The number of imide groups is 1. The predicted octanol–water partition coefficient (Wildman–Crippen LogP) is 4.15. The molecule has 0 radical (unpaired) electrons. The number of likely N-dealkylation sites (tertiary alicyclic amines) is 1. The second-order valence-corrected chi connectivity index (χ2v) is 10.9. The SMILES string of the molecule is C/C(=C\c1ccc(O)cc1)CC[C@@H](O)C1=C(C(C)C)C[C@H]2C(=O)N(CCCCCC(=O)O)C(=O)[C@H]2[C@H]1CO. The third-order valence-corrected chi connectivity index (χ3v) is 7.85. The molecule has 0 unspecified atom stereocenters. The number of hydrogen-bond acceptors (Lipinski definition) is 6. The highest BCUT2D eigenvalue weighted by atomic mass is 16.4. The van der Waals surface area contributed by atoms with Gasteiger partial charge in [-0.2, -0.15) is 0 Å². The standard InChI is InChI=1S/C30H41NO7/c1-18(2)22-16-23-28(30(38)31(29(23)37)14-6-4-5-7-26(35)36)24(17-32)27(22)25(34)13-8-19(3)15-20-9-11-21(33)12-10-20/h9-12,15,18,23-25,28,32-34H,4-8,13-14,16-17H2,1-3H3,(H,35,36)/b19-15+/t23-,24+,25-,28-/m1/s1. The summed E-state index contributed by atoms with van der Waals surface area (Å²) in [6.45, 7) is 5.92. The number of carbonyl (C=O) groups is 3. The van der Waals surface area contributed by atoms with E-state index in [0.29, 0.717) is 44.1 Å². The number of aliphatic hydroxyl groups is 2. The van der Waals surface area contributed by atoms with E-state index in [1.807, 2.05) is 39.0 Å². The van der Waals surface area contributed by atoms with Gasteiger partial charge in [0.2, 0.25) is 11.8 Å². The maximum Gasteiger partial charge on any atom is 0.303 e. The van der Waals surface area contributed by atoms with Crippen LogP contribution >= 0.6 is 0 Å². The summed E-state index contributed by atoms with van der Waals surface area (Å²) in [5, 5.41) is 40.1. The molecule has 2 amide bonds. The first-order valence-corrected chi connectivity index (χ1v) is 13.6. The Balaban J connectivity index is 1.74. The third kappa shape index (κ3) is 6.91. The minimum absolute atomic E-state index is 0.0521. The molecule has 38 heavy (non-hydrogen) atoms. The molecule has 2 aliphatic rings. The van der Waals surface area contributed by atoms with Crippen LogP contribution in [-0.4, -0.2) is 62.4 Å². The molecule has 1 aliphatic carbocycles. The summed E-state index contributed by atoms with van der Waals surface area (Å²) in [6.07, 6.45) is 4.29. The number of aliphatic hydroxyl groups excluding tert-OH is 2. The van der Waals surface area contributed by atoms with Crippen LogP contribution in [0, 0.1) is 23.7 Å². The highest BCUT2D eigenvalue weighted by molar-refractivity contribution is 6.05. The number of allylic oxidation sites excluding steroid dienone is 2. The lowest BCUT2D eigenvalue weighted by molar-refractivity contribution is -0.141. The molecule has 8 heteroatoms. The molecule has 1 aromatic rings. The van der Waals surface area contributed by atoms with E-state index in [1.165, 1.54) is 4.90 Å². The van der Waals surface area contributed by atoms with Gasteiger partial charge in [-0.1, -0.05) is 49.6 Å². The van der Waals surface area contributed by atoms with Crippen LogP contribution < -0.4 is 0 Å². The molecular formula is C30H41NO7. The number of fused-ring (bicyclic) bond motifs is 1. The normalized spacial score (nSPS) is 22.8. The lowest BCUT2D eigenvalue weighted by Crippen LogP contribution is -2.40. The minimum atomic E-state index is -0.862. The Hall–Kier alpha value is -2.97. The van der Waals surface area contributed by atoms with Gasteiger partial charge >= 0.3 is 5.97 Å². The molecule has 0 spiro atoms. The first kappa shape index (κ1) is 29.6. The predicted molar refractivity (Wildman–Crippen MR) is 144 cm³/mol. The summed E-state index contributed by atoms with van der Waals surface area (Å²) in [5.41, 5.74) is 3.65. The number of carbonyl (C=O) groups excluding carboxylic acids is 2. The van der Waals surface area contributed by atoms with E-state index >= 15 is 0 Å². The van der Waals surface area contributed by atoms with Crippen molar-refractivity contribution in [2.24, 2.45) is 23.7 Å². The molecule has 0 aromatic heterocycles. The Labute approximate surface area is 224 Å². The molecule has 4 atom stereocenters. The fraction of sp³-hybridized carbons (Fsp3) is 0.567. The monoisotopic (exact) mass is 527 g/mol. The van der Waals surface area contributed by atoms with Crippen LogP contribution in [0.4, 0.5) is 0 Å². The van der Waals surface area contributed by atoms with Crippen LogP contribution in [0.2, 0.25) is 0 Å². The quantitative estimate of drug-likeness (QED) is 0.172. The number of unbranched alkanes of at least 4 members (excludes halogenated alkanes) is 2. The number of aromatic hydroxyl groups is 1. The van der Waals surface area contributed by atoms with Gasteiger partial charge < -0.3 is 20.4 Å². The Kier molecular flexibility index (Phi) is 10.3. The number of phenolic OH excluding ortho intramolecular Hbond substituents is 1. The van der Waals surface area contributed by atoms with Crippen molar-refractivity contribution in [1.82, 2.24) is 4.90 Å². The molecule has 0 bridgehead atoms. The second kappa shape index (κ2) is 13.2. The summed E-state index contributed by atoms with van der Waals surface area (Å²) in [7, 11) is 0. The molecule has 1 saturated heterocycles. The number of phenols is 1. The van der Waals surface area contributed by atoms with Crippen molar-refractivity contribution in [3.63, 3.8) is 0 Å². The van der Waals surface area contributed by atoms with Crippen molar-refractivity contribution in [2.45, 2.75) is 71.8 Å². The van der Waals surface area contributed by atoms with Crippen LogP contribution in [0.25, 0.3) is 6.08 Å². The van der Waals surface area contributed by atoms with E-state index in [-0.39, 0.29) is 43.1 Å². The average Bonchev–Trinajstić information content (AvgIpc) is 3.11. The molecule has 208 valence electrons. The van der Waals surface area contributed by atoms with E-state index in [0.717, 1.165) is 16.7 Å². The van der Waals surface area contributed by atoms with Crippen molar-refractivity contribution in [3.05, 3.63) is 46.5 Å². The van der Waals surface area contributed by atoms with Gasteiger partial charge in [0.1, 0.15) is 5.75 Å². The summed E-state index contributed by atoms with van der Waals surface area (Å²) < 4.78 is 0. The molecule has 1 heterocycles. The number of amides is 2. The van der Waals surface area contributed by atoms with Gasteiger partial charge in [0.25, 0.3) is 0 Å². The van der Waals surface area contributed by atoms with Crippen LogP contribution in [0.15, 0.2) is 41.0 Å². The van der Waals surface area contributed by atoms with Crippen molar-refractivity contribution in [3.8, 4) is 5.75 Å². The number of hydrogen-bond donors (Lipinski definition) is 4. The molecule has 1 fully saturated rings. The molecule has 8 nitrogen and oxygen atoms in total. The van der Waals surface area contributed by atoms with Crippen molar-refractivity contribution in [2.75, 3.05) is 13.2 Å². The maximum atomic E-state index is 13.4. The maximum absolute atomic E-state index is 13.4. The number of benzene rings is 1. The van der Waals surface area contributed by atoms with Gasteiger partial charge in [-0.05, 0) is 68.2 Å². The first-order chi connectivity index (χ1) is 18.0. The van der Waals surface area contributed by atoms with Crippen molar-refractivity contribution in [1.29, 1.82) is 0 Å². The molecule has 0 saturated carbocycles. The lowest BCUT2D eigenvalue weighted by atomic mass is 9.66. The molecular weight excluding hydrogens is 486 g/mol. The van der Waals surface area contributed by atoms with Crippen LogP contribution in [0.1, 0.15) is 71.3 Å². The van der Waals surface area contributed by atoms with Gasteiger partial charge in [0.15, 0.2) is 0 Å². The summed E-state index contributed by atoms with van der Waals surface area (Å²) in [5.74, 6) is -2.97. The van der Waals surface area contributed by atoms with Gasteiger partial charge in [0.05, 0.1) is 24.5 Å². The smallest absolute Gasteiger partial charge is 0.303 e. The Morgan fingerprint density at radius 2 is 1.76 bits per heavy atom. The number of carboxylic acids is 1. The van der Waals surface area contributed by atoms with Crippen LogP contribution in [0.3, 0.4) is 0 Å². The summed E-state index contributed by atoms with van der Waals surface area (Å²) in [6, 6.07) is 6.88. The second-order valence-electron chi connectivity index (χ2n) is 10.9. The summed E-state index contributed by atoms with van der Waals surface area (Å²) >= 11 is 0. The number of rotatable bonds is 13. The lowest BCUT2D eigenvalue weighted by Gasteiger charge is -2.38. The topological polar surface area (TPSA) is 135 Å². The van der Waals surface area contributed by atoms with Gasteiger partial charge in [0, 0.05) is 18.9 Å². The van der Waals surface area contributed by atoms with E-state index in [9.17, 15) is 29.7 Å². The third-order valence-electron chi connectivity index (χ3n) is 7.85. The Morgan fingerprint density at radius 3 is 2.37 bits per heavy atom. The first-order valence-electron chi connectivity index (χ1n) is 13.6. The number of aliphatic carboxylic acids is 1. The van der Waals surface area contributed by atoms with Crippen LogP contribution in [-0.2, 0) is 14.4 Å².